The quantitative estimate of drug-likeness (QED) is 0.778. The highest BCUT2D eigenvalue weighted by Gasteiger charge is 2.30. The molecule has 1 nitrogen and oxygen atoms in total. The van der Waals surface area contributed by atoms with Crippen molar-refractivity contribution in [1.29, 1.82) is 0 Å². The van der Waals surface area contributed by atoms with Gasteiger partial charge in [-0.25, -0.2) is 0 Å². The Morgan fingerprint density at radius 3 is 2.33 bits per heavy atom. The van der Waals surface area contributed by atoms with Crippen LogP contribution < -0.4 is 5.73 Å². The van der Waals surface area contributed by atoms with E-state index in [0.717, 1.165) is 29.7 Å². The summed E-state index contributed by atoms with van der Waals surface area (Å²) in [5, 5.41) is 0. The fourth-order valence-corrected chi connectivity index (χ4v) is 2.34. The molecule has 0 aliphatic heterocycles. The summed E-state index contributed by atoms with van der Waals surface area (Å²) in [7, 11) is 0. The van der Waals surface area contributed by atoms with Crippen molar-refractivity contribution in [3.05, 3.63) is 53.6 Å². The van der Waals surface area contributed by atoms with E-state index in [9.17, 15) is 13.2 Å². The zero-order chi connectivity index (χ0) is 15.6. The minimum absolute atomic E-state index is 0.145. The summed E-state index contributed by atoms with van der Waals surface area (Å²) in [6.45, 7) is 4.25. The number of nitrogen functional groups attached to an aromatic ring is 1. The lowest BCUT2D eigenvalue weighted by molar-refractivity contribution is -0.137. The molecular weight excluding hydrogens is 275 g/mol. The molecule has 0 aromatic heterocycles. The van der Waals surface area contributed by atoms with Gasteiger partial charge in [0, 0.05) is 11.3 Å². The maximum absolute atomic E-state index is 12.7. The SMILES string of the molecule is CC(C)Cc1cccc(-c2ccc(C(F)(F)F)cc2N)c1. The molecule has 112 valence electrons. The maximum atomic E-state index is 12.7. The predicted octanol–water partition coefficient (Wildman–Crippen LogP) is 5.15. The highest BCUT2D eigenvalue weighted by atomic mass is 19.4. The molecule has 2 aromatic rings. The van der Waals surface area contributed by atoms with Crippen LogP contribution in [0.15, 0.2) is 42.5 Å². The largest absolute Gasteiger partial charge is 0.416 e. The Balaban J connectivity index is 2.38. The number of hydrogen-bond donors (Lipinski definition) is 1. The van der Waals surface area contributed by atoms with E-state index >= 15 is 0 Å². The Morgan fingerprint density at radius 1 is 1.05 bits per heavy atom. The number of benzene rings is 2. The Bertz CT molecular complexity index is 630. The molecule has 0 saturated carbocycles. The van der Waals surface area contributed by atoms with Crippen LogP contribution in [0.1, 0.15) is 25.0 Å². The molecule has 0 heterocycles. The molecule has 0 radical (unpaired) electrons. The van der Waals surface area contributed by atoms with Crippen LogP contribution in [0.3, 0.4) is 0 Å². The summed E-state index contributed by atoms with van der Waals surface area (Å²) < 4.78 is 38.0. The molecule has 0 saturated heterocycles. The minimum Gasteiger partial charge on any atom is -0.398 e. The Kier molecular flexibility index (Phi) is 4.26. The summed E-state index contributed by atoms with van der Waals surface area (Å²) in [5.74, 6) is 0.519. The van der Waals surface area contributed by atoms with E-state index in [1.54, 1.807) is 0 Å². The van der Waals surface area contributed by atoms with Crippen LogP contribution in [-0.4, -0.2) is 0 Å². The smallest absolute Gasteiger partial charge is 0.398 e. The summed E-state index contributed by atoms with van der Waals surface area (Å²) in [4.78, 5) is 0. The zero-order valence-corrected chi connectivity index (χ0v) is 12.0. The second-order valence-electron chi connectivity index (χ2n) is 5.60. The lowest BCUT2D eigenvalue weighted by atomic mass is 9.96. The van der Waals surface area contributed by atoms with Gasteiger partial charge < -0.3 is 5.73 Å². The van der Waals surface area contributed by atoms with Crippen molar-refractivity contribution in [2.24, 2.45) is 5.92 Å². The van der Waals surface area contributed by atoms with E-state index < -0.39 is 11.7 Å². The second kappa shape index (κ2) is 5.80. The number of nitrogens with two attached hydrogens (primary N) is 1. The Labute approximate surface area is 122 Å². The molecule has 0 atom stereocenters. The molecule has 2 rings (SSSR count). The van der Waals surface area contributed by atoms with Crippen LogP contribution in [0.25, 0.3) is 11.1 Å². The molecule has 0 spiro atoms. The lowest BCUT2D eigenvalue weighted by Gasteiger charge is -2.12. The number of alkyl halides is 3. The molecule has 0 amide bonds. The standard InChI is InChI=1S/C17H18F3N/c1-11(2)8-12-4-3-5-13(9-12)15-7-6-14(10-16(15)21)17(18,19)20/h3-7,9-11H,8,21H2,1-2H3. The van der Waals surface area contributed by atoms with Crippen molar-refractivity contribution in [3.8, 4) is 11.1 Å². The Morgan fingerprint density at radius 2 is 1.76 bits per heavy atom. The van der Waals surface area contributed by atoms with Gasteiger partial charge in [0.15, 0.2) is 0 Å². The van der Waals surface area contributed by atoms with Gasteiger partial charge >= 0.3 is 6.18 Å². The predicted molar refractivity (Wildman–Crippen MR) is 79.8 cm³/mol. The normalized spacial score (nSPS) is 11.9. The molecular formula is C17H18F3N. The second-order valence-corrected chi connectivity index (χ2v) is 5.60. The third kappa shape index (κ3) is 3.78. The molecule has 2 N–H and O–H groups in total. The van der Waals surface area contributed by atoms with Crippen LogP contribution in [-0.2, 0) is 12.6 Å². The first-order chi connectivity index (χ1) is 9.77. The van der Waals surface area contributed by atoms with Crippen molar-refractivity contribution in [2.75, 3.05) is 5.73 Å². The van der Waals surface area contributed by atoms with Crippen molar-refractivity contribution in [3.63, 3.8) is 0 Å². The van der Waals surface area contributed by atoms with E-state index in [2.05, 4.69) is 13.8 Å². The van der Waals surface area contributed by atoms with Gasteiger partial charge in [0.2, 0.25) is 0 Å². The molecule has 4 heteroatoms. The topological polar surface area (TPSA) is 26.0 Å². The van der Waals surface area contributed by atoms with Gasteiger partial charge in [0.25, 0.3) is 0 Å². The van der Waals surface area contributed by atoms with E-state index in [1.165, 1.54) is 6.07 Å². The summed E-state index contributed by atoms with van der Waals surface area (Å²) >= 11 is 0. The highest BCUT2D eigenvalue weighted by Crippen LogP contribution is 2.34. The van der Waals surface area contributed by atoms with Gasteiger partial charge in [0.1, 0.15) is 0 Å². The number of anilines is 1. The lowest BCUT2D eigenvalue weighted by Crippen LogP contribution is -2.06. The van der Waals surface area contributed by atoms with Crippen LogP contribution in [0, 0.1) is 5.92 Å². The molecule has 0 aliphatic rings. The summed E-state index contributed by atoms with van der Waals surface area (Å²) in [6, 6.07) is 11.3. The fourth-order valence-electron chi connectivity index (χ4n) is 2.34. The van der Waals surface area contributed by atoms with Crippen molar-refractivity contribution in [1.82, 2.24) is 0 Å². The molecule has 0 unspecified atom stereocenters. The van der Waals surface area contributed by atoms with Gasteiger partial charge in [-0.15, -0.1) is 0 Å². The fraction of sp³-hybridized carbons (Fsp3) is 0.294. The van der Waals surface area contributed by atoms with Crippen molar-refractivity contribution in [2.45, 2.75) is 26.4 Å². The number of hydrogen-bond acceptors (Lipinski definition) is 1. The molecule has 2 aromatic carbocycles. The molecule has 21 heavy (non-hydrogen) atoms. The third-order valence-electron chi connectivity index (χ3n) is 3.26. The van der Waals surface area contributed by atoms with Crippen LogP contribution in [0.2, 0.25) is 0 Å². The van der Waals surface area contributed by atoms with Gasteiger partial charge in [-0.2, -0.15) is 13.2 Å². The van der Waals surface area contributed by atoms with Gasteiger partial charge in [-0.3, -0.25) is 0 Å². The molecule has 0 fully saturated rings. The first kappa shape index (κ1) is 15.4. The van der Waals surface area contributed by atoms with Gasteiger partial charge in [-0.1, -0.05) is 44.2 Å². The van der Waals surface area contributed by atoms with Crippen molar-refractivity contribution >= 4 is 5.69 Å². The van der Waals surface area contributed by atoms with Crippen LogP contribution >= 0.6 is 0 Å². The highest BCUT2D eigenvalue weighted by molar-refractivity contribution is 5.77. The van der Waals surface area contributed by atoms with E-state index in [0.29, 0.717) is 11.5 Å². The van der Waals surface area contributed by atoms with E-state index in [-0.39, 0.29) is 5.69 Å². The van der Waals surface area contributed by atoms with Gasteiger partial charge in [0.05, 0.1) is 5.56 Å². The van der Waals surface area contributed by atoms with Crippen molar-refractivity contribution < 1.29 is 13.2 Å². The zero-order valence-electron chi connectivity index (χ0n) is 12.0. The van der Waals surface area contributed by atoms with Crippen LogP contribution in [0.5, 0.6) is 0 Å². The number of rotatable bonds is 3. The van der Waals surface area contributed by atoms with E-state index in [4.69, 9.17) is 5.73 Å². The summed E-state index contributed by atoms with van der Waals surface area (Å²) in [5.41, 5.74) is 7.86. The van der Waals surface area contributed by atoms with E-state index in [1.807, 2.05) is 24.3 Å². The molecule has 0 bridgehead atoms. The summed E-state index contributed by atoms with van der Waals surface area (Å²) in [6.07, 6.45) is -3.44. The minimum atomic E-state index is -4.37. The first-order valence-electron chi connectivity index (χ1n) is 6.83. The average molecular weight is 293 g/mol. The Hall–Kier alpha value is -1.97. The average Bonchev–Trinajstić information content (AvgIpc) is 2.37. The molecule has 0 aliphatic carbocycles. The van der Waals surface area contributed by atoms with Gasteiger partial charge in [-0.05, 0) is 35.6 Å². The first-order valence-corrected chi connectivity index (χ1v) is 6.83. The maximum Gasteiger partial charge on any atom is 0.416 e. The third-order valence-corrected chi connectivity index (χ3v) is 3.26. The number of halogens is 3. The van der Waals surface area contributed by atoms with Crippen LogP contribution in [0.4, 0.5) is 18.9 Å². The monoisotopic (exact) mass is 293 g/mol.